The normalized spacial score (nSPS) is 32.8. The Labute approximate surface area is 234 Å². The van der Waals surface area contributed by atoms with Gasteiger partial charge in [0.2, 0.25) is 0 Å². The zero-order chi connectivity index (χ0) is 27.6. The van der Waals surface area contributed by atoms with Gasteiger partial charge >= 0.3 is 6.01 Å². The average Bonchev–Trinajstić information content (AvgIpc) is 3.45. The van der Waals surface area contributed by atoms with Gasteiger partial charge < -0.3 is 25.2 Å². The van der Waals surface area contributed by atoms with Gasteiger partial charge in [0.25, 0.3) is 0 Å². The molecule has 5 aliphatic rings. The largest absolute Gasteiger partial charge is 0.461 e. The van der Waals surface area contributed by atoms with Gasteiger partial charge in [0.1, 0.15) is 30.3 Å². The number of nitrogens with zero attached hydrogens (tertiary/aromatic N) is 5. The molecule has 3 N–H and O–H groups in total. The van der Waals surface area contributed by atoms with Crippen LogP contribution in [0.5, 0.6) is 6.01 Å². The lowest BCUT2D eigenvalue weighted by molar-refractivity contribution is -0.0874. The molecule has 9 nitrogen and oxygen atoms in total. The molecular weight excluding hydrogens is 511 g/mol. The first-order valence-corrected chi connectivity index (χ1v) is 14.6. The second-order valence-electron chi connectivity index (χ2n) is 12.4. The smallest absolute Gasteiger partial charge is 0.318 e. The number of nitrogens with two attached hydrogens (primary N) is 1. The average molecular weight is 549 g/mol. The lowest BCUT2D eigenvalue weighted by Crippen LogP contribution is -2.51. The molecule has 3 saturated heterocycles. The maximum atomic E-state index is 14.4. The fraction of sp³-hybridized carbons (Fsp3) is 0.633. The Balaban J connectivity index is 1.27. The van der Waals surface area contributed by atoms with Crippen molar-refractivity contribution in [3.8, 4) is 12.1 Å². The van der Waals surface area contributed by atoms with Crippen LogP contribution in [0.1, 0.15) is 79.3 Å². The third-order valence-corrected chi connectivity index (χ3v) is 10.2. The number of hydrogen-bond acceptors (Lipinski definition) is 9. The van der Waals surface area contributed by atoms with Crippen molar-refractivity contribution in [2.24, 2.45) is 0 Å². The Hall–Kier alpha value is -3.00. The summed E-state index contributed by atoms with van der Waals surface area (Å²) in [6, 6.07) is 6.50. The predicted molar refractivity (Wildman–Crippen MR) is 147 cm³/mol. The first-order chi connectivity index (χ1) is 19.4. The summed E-state index contributed by atoms with van der Waals surface area (Å²) in [6.45, 7) is 5.03. The van der Waals surface area contributed by atoms with E-state index in [2.05, 4.69) is 22.8 Å². The number of aliphatic hydroxyl groups excluding tert-OH is 1. The predicted octanol–water partition coefficient (Wildman–Crippen LogP) is 3.32. The van der Waals surface area contributed by atoms with Crippen LogP contribution in [-0.2, 0) is 23.4 Å². The molecule has 4 aliphatic heterocycles. The minimum atomic E-state index is -0.831. The fourth-order valence-electron chi connectivity index (χ4n) is 7.89. The molecule has 40 heavy (non-hydrogen) atoms. The molecule has 5 atom stereocenters. The van der Waals surface area contributed by atoms with Crippen molar-refractivity contribution in [1.82, 2.24) is 14.9 Å². The fourth-order valence-corrected chi connectivity index (χ4v) is 7.89. The van der Waals surface area contributed by atoms with Crippen molar-refractivity contribution in [3.63, 3.8) is 0 Å². The van der Waals surface area contributed by atoms with E-state index in [0.29, 0.717) is 49.8 Å². The highest BCUT2D eigenvalue weighted by Crippen LogP contribution is 2.51. The van der Waals surface area contributed by atoms with E-state index >= 15 is 0 Å². The van der Waals surface area contributed by atoms with E-state index in [1.54, 1.807) is 0 Å². The minimum absolute atomic E-state index is 0.00460. The number of anilines is 2. The number of nitriles is 1. The zero-order valence-corrected chi connectivity index (χ0v) is 23.0. The Bertz CT molecular complexity index is 1380. The molecule has 2 aromatic rings. The third kappa shape index (κ3) is 3.89. The number of fused-ring (bicyclic) bond motifs is 4. The molecule has 0 unspecified atom stereocenters. The number of alkyl halides is 1. The van der Waals surface area contributed by atoms with Crippen LogP contribution in [0, 0.1) is 11.3 Å². The lowest BCUT2D eigenvalue weighted by Gasteiger charge is -2.46. The third-order valence-electron chi connectivity index (χ3n) is 10.2. The van der Waals surface area contributed by atoms with E-state index in [4.69, 9.17) is 25.2 Å². The number of hydrogen-bond donors (Lipinski definition) is 2. The van der Waals surface area contributed by atoms with Crippen molar-refractivity contribution in [2.75, 3.05) is 43.5 Å². The first kappa shape index (κ1) is 25.9. The summed E-state index contributed by atoms with van der Waals surface area (Å²) < 4.78 is 27.4. The standard InChI is InChI=1S/C30H37FN6O3/c1-18-5-8-30(26-21(18)3-4-24(33)22(26)13-32)12-25-23(16-40-30)27(37-10-6-20(37)15-38)35-28(34-25)39-17-29-7-2-9-36(29)14-19(31)11-29/h3-4,18-20,38H,2,5-12,14-17,33H2,1H3/t18-,19+,20+,29-,30-/m0/s1. The summed E-state index contributed by atoms with van der Waals surface area (Å²) >= 11 is 0. The summed E-state index contributed by atoms with van der Waals surface area (Å²) in [6.07, 6.45) is 4.66. The maximum Gasteiger partial charge on any atom is 0.318 e. The van der Waals surface area contributed by atoms with Crippen LogP contribution in [0.25, 0.3) is 0 Å². The van der Waals surface area contributed by atoms with Crippen molar-refractivity contribution < 1.29 is 19.0 Å². The Morgan fingerprint density at radius 3 is 2.92 bits per heavy atom. The molecule has 0 amide bonds. The number of halogens is 1. The van der Waals surface area contributed by atoms with Crippen LogP contribution < -0.4 is 15.4 Å². The van der Waals surface area contributed by atoms with E-state index in [1.807, 2.05) is 12.1 Å². The van der Waals surface area contributed by atoms with E-state index in [0.717, 1.165) is 73.4 Å². The van der Waals surface area contributed by atoms with Crippen LogP contribution in [-0.4, -0.2) is 70.6 Å². The first-order valence-electron chi connectivity index (χ1n) is 14.6. The molecule has 10 heteroatoms. The highest BCUT2D eigenvalue weighted by molar-refractivity contribution is 5.64. The Morgan fingerprint density at radius 1 is 1.27 bits per heavy atom. The van der Waals surface area contributed by atoms with Gasteiger partial charge in [-0.05, 0) is 56.2 Å². The molecule has 3 fully saturated rings. The second-order valence-corrected chi connectivity index (χ2v) is 12.4. The monoisotopic (exact) mass is 548 g/mol. The molecule has 0 radical (unpaired) electrons. The molecule has 1 aromatic carbocycles. The van der Waals surface area contributed by atoms with Crippen LogP contribution in [0.4, 0.5) is 15.9 Å². The molecule has 212 valence electrons. The molecule has 1 aromatic heterocycles. The molecule has 0 saturated carbocycles. The summed E-state index contributed by atoms with van der Waals surface area (Å²) in [7, 11) is 0. The van der Waals surface area contributed by atoms with Crippen molar-refractivity contribution in [3.05, 3.63) is 40.1 Å². The number of aromatic nitrogens is 2. The number of rotatable bonds is 5. The maximum absolute atomic E-state index is 14.4. The molecule has 7 rings (SSSR count). The van der Waals surface area contributed by atoms with Gasteiger partial charge in [-0.1, -0.05) is 13.0 Å². The number of nitrogen functional groups attached to an aromatic ring is 1. The van der Waals surface area contributed by atoms with E-state index < -0.39 is 11.8 Å². The van der Waals surface area contributed by atoms with Crippen molar-refractivity contribution >= 4 is 11.5 Å². The Kier molecular flexibility index (Phi) is 6.18. The zero-order valence-electron chi connectivity index (χ0n) is 23.0. The number of ether oxygens (including phenoxy) is 2. The SMILES string of the molecule is C[C@H]1CC[C@]2(Cc3nc(OC[C@@]45CCCN4C[C@H](F)C5)nc(N4CC[C@@H]4CO)c3CO2)c2c1ccc(N)c2C#N. The number of aliphatic hydroxyl groups is 1. The van der Waals surface area contributed by atoms with Gasteiger partial charge in [0.05, 0.1) is 36.1 Å². The van der Waals surface area contributed by atoms with E-state index in [-0.39, 0.29) is 24.2 Å². The highest BCUT2D eigenvalue weighted by Gasteiger charge is 2.50. The van der Waals surface area contributed by atoms with Gasteiger partial charge in [-0.3, -0.25) is 4.90 Å². The van der Waals surface area contributed by atoms with Crippen LogP contribution in [0.3, 0.4) is 0 Å². The second kappa shape index (κ2) is 9.54. The Morgan fingerprint density at radius 2 is 2.15 bits per heavy atom. The van der Waals surface area contributed by atoms with E-state index in [1.165, 1.54) is 0 Å². The summed E-state index contributed by atoms with van der Waals surface area (Å²) in [5.41, 5.74) is 9.99. The summed E-state index contributed by atoms with van der Waals surface area (Å²) in [4.78, 5) is 14.1. The van der Waals surface area contributed by atoms with Gasteiger partial charge in [-0.25, -0.2) is 4.39 Å². The van der Waals surface area contributed by atoms with E-state index in [9.17, 15) is 14.8 Å². The molecule has 5 heterocycles. The number of benzene rings is 1. The minimum Gasteiger partial charge on any atom is -0.461 e. The lowest BCUT2D eigenvalue weighted by atomic mass is 9.69. The summed E-state index contributed by atoms with van der Waals surface area (Å²) in [5.74, 6) is 1.04. The van der Waals surface area contributed by atoms with Crippen LogP contribution in [0.15, 0.2) is 12.1 Å². The van der Waals surface area contributed by atoms with Crippen LogP contribution in [0.2, 0.25) is 0 Å². The van der Waals surface area contributed by atoms with Crippen molar-refractivity contribution in [1.29, 1.82) is 5.26 Å². The molecule has 1 spiro atoms. The topological polar surface area (TPSA) is 121 Å². The highest BCUT2D eigenvalue weighted by atomic mass is 19.1. The quantitative estimate of drug-likeness (QED) is 0.542. The van der Waals surface area contributed by atoms with Gasteiger partial charge in [0.15, 0.2) is 0 Å². The van der Waals surface area contributed by atoms with Gasteiger partial charge in [0, 0.05) is 42.7 Å². The molecular formula is C30H37FN6O3. The van der Waals surface area contributed by atoms with Gasteiger partial charge in [-0.2, -0.15) is 15.2 Å². The van der Waals surface area contributed by atoms with Crippen LogP contribution >= 0.6 is 0 Å². The van der Waals surface area contributed by atoms with Crippen molar-refractivity contribution in [2.45, 2.75) is 87.7 Å². The summed E-state index contributed by atoms with van der Waals surface area (Å²) in [5, 5.41) is 20.1. The molecule has 1 aliphatic carbocycles. The molecule has 0 bridgehead atoms. The van der Waals surface area contributed by atoms with Gasteiger partial charge in [-0.15, -0.1) is 0 Å².